The molecule has 0 atom stereocenters. The lowest BCUT2D eigenvalue weighted by Gasteiger charge is -2.19. The van der Waals surface area contributed by atoms with E-state index in [1.807, 2.05) is 0 Å². The van der Waals surface area contributed by atoms with Crippen LogP contribution >= 0.6 is 11.6 Å². The van der Waals surface area contributed by atoms with Crippen molar-refractivity contribution in [3.05, 3.63) is 41.1 Å². The fourth-order valence-electron chi connectivity index (χ4n) is 1.75. The summed E-state index contributed by atoms with van der Waals surface area (Å²) in [5.41, 5.74) is 0.698. The molecule has 5 heteroatoms. The summed E-state index contributed by atoms with van der Waals surface area (Å²) < 4.78 is 19.0. The Hall–Kier alpha value is -1.39. The lowest BCUT2D eigenvalue weighted by atomic mass is 10.1. The number of nitrogens with zero attached hydrogens (tertiary/aromatic N) is 1. The van der Waals surface area contributed by atoms with Crippen molar-refractivity contribution in [1.29, 1.82) is 0 Å². The second-order valence-corrected chi connectivity index (χ2v) is 6.08. The van der Waals surface area contributed by atoms with Crippen molar-refractivity contribution in [1.82, 2.24) is 10.3 Å². The normalized spacial score (nSPS) is 11.8. The zero-order valence-corrected chi connectivity index (χ0v) is 12.6. The Morgan fingerprint density at radius 3 is 2.75 bits per heavy atom. The predicted molar refractivity (Wildman–Crippen MR) is 78.4 cm³/mol. The van der Waals surface area contributed by atoms with Gasteiger partial charge in [-0.15, -0.1) is 0 Å². The highest BCUT2D eigenvalue weighted by molar-refractivity contribution is 6.30. The molecule has 0 saturated carbocycles. The van der Waals surface area contributed by atoms with Crippen LogP contribution < -0.4 is 5.32 Å². The monoisotopic (exact) mass is 296 g/mol. The molecule has 0 aliphatic carbocycles. The van der Waals surface area contributed by atoms with Crippen molar-refractivity contribution in [2.75, 3.05) is 6.54 Å². The lowest BCUT2D eigenvalue weighted by Crippen LogP contribution is -2.37. The van der Waals surface area contributed by atoms with E-state index in [1.54, 1.807) is 12.3 Å². The molecule has 0 saturated heterocycles. The van der Waals surface area contributed by atoms with E-state index in [0.29, 0.717) is 23.6 Å². The van der Waals surface area contributed by atoms with Crippen molar-refractivity contribution >= 4 is 11.6 Å². The number of aromatic nitrogens is 1. The minimum atomic E-state index is -0.462. The molecule has 2 rings (SSSR count). The lowest BCUT2D eigenvalue weighted by molar-refractivity contribution is 0.411. The highest BCUT2D eigenvalue weighted by atomic mass is 35.5. The van der Waals surface area contributed by atoms with E-state index in [9.17, 15) is 4.39 Å². The van der Waals surface area contributed by atoms with Crippen LogP contribution in [0.5, 0.6) is 0 Å². The summed E-state index contributed by atoms with van der Waals surface area (Å²) in [6.45, 7) is 7.08. The SMILES string of the molecule is CC(C)(C)NCCc1ncc(-c2ccc(Cl)c(F)c2)o1. The molecule has 0 radical (unpaired) electrons. The van der Waals surface area contributed by atoms with Crippen LogP contribution in [0.15, 0.2) is 28.8 Å². The highest BCUT2D eigenvalue weighted by Gasteiger charge is 2.11. The van der Waals surface area contributed by atoms with E-state index < -0.39 is 5.82 Å². The third-order valence-corrected chi connectivity index (χ3v) is 3.06. The number of nitrogens with one attached hydrogen (secondary N) is 1. The maximum atomic E-state index is 13.4. The number of hydrogen-bond donors (Lipinski definition) is 1. The van der Waals surface area contributed by atoms with Gasteiger partial charge in [-0.1, -0.05) is 11.6 Å². The van der Waals surface area contributed by atoms with Gasteiger partial charge in [0.25, 0.3) is 0 Å². The van der Waals surface area contributed by atoms with Crippen LogP contribution in [0.4, 0.5) is 4.39 Å². The van der Waals surface area contributed by atoms with Crippen LogP contribution in [0, 0.1) is 5.82 Å². The second kappa shape index (κ2) is 5.94. The Morgan fingerprint density at radius 1 is 1.35 bits per heavy atom. The van der Waals surface area contributed by atoms with Gasteiger partial charge < -0.3 is 9.73 Å². The van der Waals surface area contributed by atoms with E-state index in [-0.39, 0.29) is 10.6 Å². The van der Waals surface area contributed by atoms with Crippen LogP contribution in [0.25, 0.3) is 11.3 Å². The Morgan fingerprint density at radius 2 is 2.10 bits per heavy atom. The first kappa shape index (κ1) is 15.0. The Balaban J connectivity index is 2.03. The van der Waals surface area contributed by atoms with E-state index >= 15 is 0 Å². The molecule has 20 heavy (non-hydrogen) atoms. The first-order valence-corrected chi connectivity index (χ1v) is 6.88. The minimum absolute atomic E-state index is 0.0642. The Labute approximate surface area is 123 Å². The summed E-state index contributed by atoms with van der Waals surface area (Å²) in [7, 11) is 0. The molecule has 3 nitrogen and oxygen atoms in total. The summed E-state index contributed by atoms with van der Waals surface area (Å²) >= 11 is 5.66. The van der Waals surface area contributed by atoms with Crippen molar-refractivity contribution in [3.63, 3.8) is 0 Å². The fraction of sp³-hybridized carbons (Fsp3) is 0.400. The average Bonchev–Trinajstić information content (AvgIpc) is 2.80. The average molecular weight is 297 g/mol. The molecule has 0 aliphatic rings. The molecular weight excluding hydrogens is 279 g/mol. The van der Waals surface area contributed by atoms with Gasteiger partial charge in [0.05, 0.1) is 11.2 Å². The number of rotatable bonds is 4. The number of halogens is 2. The van der Waals surface area contributed by atoms with Gasteiger partial charge in [0, 0.05) is 24.1 Å². The second-order valence-electron chi connectivity index (χ2n) is 5.67. The van der Waals surface area contributed by atoms with Crippen molar-refractivity contribution < 1.29 is 8.81 Å². The molecule has 1 aromatic heterocycles. The fourth-order valence-corrected chi connectivity index (χ4v) is 1.87. The van der Waals surface area contributed by atoms with Gasteiger partial charge in [0.15, 0.2) is 11.7 Å². The first-order chi connectivity index (χ1) is 9.35. The van der Waals surface area contributed by atoms with Crippen LogP contribution in [-0.4, -0.2) is 17.1 Å². The van der Waals surface area contributed by atoms with Crippen LogP contribution in [0.3, 0.4) is 0 Å². The molecule has 0 spiro atoms. The van der Waals surface area contributed by atoms with E-state index in [0.717, 1.165) is 6.54 Å². The molecule has 1 aromatic carbocycles. The van der Waals surface area contributed by atoms with E-state index in [2.05, 4.69) is 31.1 Å². The molecule has 0 aliphatic heterocycles. The van der Waals surface area contributed by atoms with Gasteiger partial charge in [-0.3, -0.25) is 0 Å². The third-order valence-electron chi connectivity index (χ3n) is 2.75. The molecule has 0 amide bonds. The summed E-state index contributed by atoms with van der Waals surface area (Å²) in [5.74, 6) is 0.718. The smallest absolute Gasteiger partial charge is 0.196 e. The van der Waals surface area contributed by atoms with Gasteiger partial charge in [-0.05, 0) is 39.0 Å². The number of hydrogen-bond acceptors (Lipinski definition) is 3. The molecule has 0 fully saturated rings. The zero-order chi connectivity index (χ0) is 14.8. The summed E-state index contributed by atoms with van der Waals surface area (Å²) in [6, 6.07) is 4.57. The van der Waals surface area contributed by atoms with Crippen LogP contribution in [0.1, 0.15) is 26.7 Å². The molecular formula is C15H18ClFN2O. The zero-order valence-electron chi connectivity index (χ0n) is 11.8. The van der Waals surface area contributed by atoms with Crippen molar-refractivity contribution in [2.24, 2.45) is 0 Å². The van der Waals surface area contributed by atoms with Gasteiger partial charge in [-0.25, -0.2) is 9.37 Å². The molecule has 0 bridgehead atoms. The topological polar surface area (TPSA) is 38.1 Å². The Bertz CT molecular complexity index is 590. The summed E-state index contributed by atoms with van der Waals surface area (Å²) in [4.78, 5) is 4.20. The quantitative estimate of drug-likeness (QED) is 0.924. The maximum absolute atomic E-state index is 13.4. The summed E-state index contributed by atoms with van der Waals surface area (Å²) in [6.07, 6.45) is 2.29. The van der Waals surface area contributed by atoms with Crippen LogP contribution in [-0.2, 0) is 6.42 Å². The van der Waals surface area contributed by atoms with E-state index in [1.165, 1.54) is 12.1 Å². The van der Waals surface area contributed by atoms with Crippen LogP contribution in [0.2, 0.25) is 5.02 Å². The molecule has 108 valence electrons. The van der Waals surface area contributed by atoms with Gasteiger partial charge >= 0.3 is 0 Å². The Kier molecular flexibility index (Phi) is 4.45. The largest absolute Gasteiger partial charge is 0.441 e. The minimum Gasteiger partial charge on any atom is -0.441 e. The van der Waals surface area contributed by atoms with Gasteiger partial charge in [-0.2, -0.15) is 0 Å². The molecule has 0 unspecified atom stereocenters. The maximum Gasteiger partial charge on any atom is 0.196 e. The number of benzene rings is 1. The van der Waals surface area contributed by atoms with Crippen molar-refractivity contribution in [2.45, 2.75) is 32.7 Å². The van der Waals surface area contributed by atoms with Crippen molar-refractivity contribution in [3.8, 4) is 11.3 Å². The molecule has 1 heterocycles. The third kappa shape index (κ3) is 4.05. The van der Waals surface area contributed by atoms with Gasteiger partial charge in [0.1, 0.15) is 5.82 Å². The molecule has 1 N–H and O–H groups in total. The molecule has 2 aromatic rings. The van der Waals surface area contributed by atoms with E-state index in [4.69, 9.17) is 16.0 Å². The highest BCUT2D eigenvalue weighted by Crippen LogP contribution is 2.24. The number of oxazole rings is 1. The predicted octanol–water partition coefficient (Wildman–Crippen LogP) is 4.06. The van der Waals surface area contributed by atoms with Gasteiger partial charge in [0.2, 0.25) is 0 Å². The standard InChI is InChI=1S/C15H18ClFN2O/c1-15(2,3)19-7-6-14-18-9-13(20-14)10-4-5-11(16)12(17)8-10/h4-5,8-9,19H,6-7H2,1-3H3. The summed E-state index contributed by atoms with van der Waals surface area (Å²) in [5, 5.41) is 3.46. The first-order valence-electron chi connectivity index (χ1n) is 6.50.